The molecule has 0 saturated carbocycles. The van der Waals surface area contributed by atoms with E-state index in [0.717, 1.165) is 27.0 Å². The van der Waals surface area contributed by atoms with E-state index in [1.54, 1.807) is 13.2 Å². The van der Waals surface area contributed by atoms with E-state index in [4.69, 9.17) is 9.47 Å². The Kier molecular flexibility index (Phi) is 5.13. The van der Waals surface area contributed by atoms with Gasteiger partial charge in [-0.25, -0.2) is 9.37 Å². The summed E-state index contributed by atoms with van der Waals surface area (Å²) in [5, 5.41) is 1.72. The number of rotatable bonds is 6. The molecular weight excluding hydrogens is 381 g/mol. The molecule has 3 nitrogen and oxygen atoms in total. The van der Waals surface area contributed by atoms with Gasteiger partial charge < -0.3 is 9.47 Å². The molecule has 0 saturated heterocycles. The molecule has 0 aliphatic heterocycles. The topological polar surface area (TPSA) is 31.4 Å². The monoisotopic (exact) mass is 395 g/mol. The Morgan fingerprint density at radius 2 is 2.04 bits per heavy atom. The lowest BCUT2D eigenvalue weighted by molar-refractivity contribution is 0.295. The molecule has 1 aromatic heterocycles. The van der Waals surface area contributed by atoms with Crippen LogP contribution < -0.4 is 9.47 Å². The third-order valence-electron chi connectivity index (χ3n) is 3.30. The van der Waals surface area contributed by atoms with Crippen LogP contribution in [0.5, 0.6) is 11.5 Å². The lowest BCUT2D eigenvalue weighted by Gasteiger charge is -2.11. The van der Waals surface area contributed by atoms with Gasteiger partial charge in [-0.2, -0.15) is 0 Å². The molecule has 1 heterocycles. The fourth-order valence-electron chi connectivity index (χ4n) is 2.18. The fraction of sp³-hybridized carbons (Fsp3) is 0.235. The second-order valence-electron chi connectivity index (χ2n) is 4.89. The maximum absolute atomic E-state index is 13.3. The molecule has 3 rings (SSSR count). The number of nitrogens with zero attached hydrogens (tertiary/aromatic N) is 1. The average Bonchev–Trinajstić information content (AvgIpc) is 2.98. The minimum atomic E-state index is -0.275. The molecule has 2 aromatic carbocycles. The van der Waals surface area contributed by atoms with Gasteiger partial charge in [-0.3, -0.25) is 0 Å². The highest BCUT2D eigenvalue weighted by atomic mass is 79.9. The van der Waals surface area contributed by atoms with Crippen molar-refractivity contribution in [2.24, 2.45) is 0 Å². The van der Waals surface area contributed by atoms with Gasteiger partial charge in [0, 0.05) is 17.0 Å². The summed E-state index contributed by atoms with van der Waals surface area (Å²) in [5.74, 6) is 1.11. The van der Waals surface area contributed by atoms with E-state index in [1.807, 2.05) is 18.2 Å². The molecular formula is C17H15BrFNO2S. The molecule has 0 aliphatic carbocycles. The van der Waals surface area contributed by atoms with Crippen LogP contribution in [0.25, 0.3) is 20.8 Å². The van der Waals surface area contributed by atoms with E-state index >= 15 is 0 Å². The summed E-state index contributed by atoms with van der Waals surface area (Å²) >= 11 is 4.91. The molecule has 0 amide bonds. The van der Waals surface area contributed by atoms with Crippen molar-refractivity contribution in [2.75, 3.05) is 19.0 Å². The highest BCUT2D eigenvalue weighted by Crippen LogP contribution is 2.36. The Labute approximate surface area is 146 Å². The number of methoxy groups -OCH3 is 1. The smallest absolute Gasteiger partial charge is 0.161 e. The minimum absolute atomic E-state index is 0.275. The van der Waals surface area contributed by atoms with Crippen LogP contribution >= 0.6 is 27.3 Å². The summed E-state index contributed by atoms with van der Waals surface area (Å²) in [5.41, 5.74) is 1.60. The first kappa shape index (κ1) is 16.2. The summed E-state index contributed by atoms with van der Waals surface area (Å²) in [6.45, 7) is 0.607. The van der Waals surface area contributed by atoms with E-state index in [-0.39, 0.29) is 5.82 Å². The molecule has 0 aliphatic rings. The van der Waals surface area contributed by atoms with Crippen LogP contribution in [-0.2, 0) is 0 Å². The van der Waals surface area contributed by atoms with Crippen molar-refractivity contribution in [2.45, 2.75) is 6.42 Å². The number of aromatic nitrogens is 1. The largest absolute Gasteiger partial charge is 0.493 e. The summed E-state index contributed by atoms with van der Waals surface area (Å²) in [4.78, 5) is 4.51. The maximum Gasteiger partial charge on any atom is 0.161 e. The first-order valence-electron chi connectivity index (χ1n) is 7.14. The van der Waals surface area contributed by atoms with Gasteiger partial charge in [0.1, 0.15) is 10.8 Å². The molecule has 6 heteroatoms. The predicted octanol–water partition coefficient (Wildman–Crippen LogP) is 5.27. The number of hydrogen-bond donors (Lipinski definition) is 0. The standard InChI is InChI=1S/C17H15BrFNO2S/c1-21-14-5-3-11(9-15(14)22-8-2-7-18)17-20-13-10-12(19)4-6-16(13)23-17/h3-6,9-10H,2,7-8H2,1H3. The van der Waals surface area contributed by atoms with E-state index in [9.17, 15) is 4.39 Å². The van der Waals surface area contributed by atoms with Crippen LogP contribution in [0.1, 0.15) is 6.42 Å². The quantitative estimate of drug-likeness (QED) is 0.420. The average molecular weight is 396 g/mol. The van der Waals surface area contributed by atoms with E-state index in [0.29, 0.717) is 23.6 Å². The molecule has 0 spiro atoms. The zero-order valence-corrected chi connectivity index (χ0v) is 14.9. The highest BCUT2D eigenvalue weighted by molar-refractivity contribution is 9.09. The van der Waals surface area contributed by atoms with Crippen molar-refractivity contribution in [1.82, 2.24) is 4.98 Å². The Hall–Kier alpha value is -1.66. The first-order valence-corrected chi connectivity index (χ1v) is 9.08. The Morgan fingerprint density at radius 1 is 1.17 bits per heavy atom. The number of benzene rings is 2. The third kappa shape index (κ3) is 3.64. The second-order valence-corrected chi connectivity index (χ2v) is 6.71. The maximum atomic E-state index is 13.3. The summed E-state index contributed by atoms with van der Waals surface area (Å²) in [7, 11) is 1.62. The van der Waals surface area contributed by atoms with Crippen LogP contribution in [0.4, 0.5) is 4.39 Å². The van der Waals surface area contributed by atoms with E-state index in [2.05, 4.69) is 20.9 Å². The van der Waals surface area contributed by atoms with E-state index in [1.165, 1.54) is 23.5 Å². The number of fused-ring (bicyclic) bond motifs is 1. The molecule has 0 N–H and O–H groups in total. The first-order chi connectivity index (χ1) is 11.2. The SMILES string of the molecule is COc1ccc(-c2nc3cc(F)ccc3s2)cc1OCCCBr. The van der Waals surface area contributed by atoms with Crippen molar-refractivity contribution < 1.29 is 13.9 Å². The summed E-state index contributed by atoms with van der Waals surface area (Å²) < 4.78 is 25.4. The second kappa shape index (κ2) is 7.27. The molecule has 0 unspecified atom stereocenters. The molecule has 0 fully saturated rings. The Bertz CT molecular complexity index is 821. The lowest BCUT2D eigenvalue weighted by atomic mass is 10.2. The van der Waals surface area contributed by atoms with Crippen LogP contribution in [0.2, 0.25) is 0 Å². The molecule has 0 radical (unpaired) electrons. The zero-order chi connectivity index (χ0) is 16.2. The normalized spacial score (nSPS) is 10.9. The van der Waals surface area contributed by atoms with Gasteiger partial charge >= 0.3 is 0 Å². The van der Waals surface area contributed by atoms with Crippen LogP contribution in [-0.4, -0.2) is 24.0 Å². The molecule has 3 aromatic rings. The zero-order valence-electron chi connectivity index (χ0n) is 12.5. The van der Waals surface area contributed by atoms with Gasteiger partial charge in [0.15, 0.2) is 11.5 Å². The Morgan fingerprint density at radius 3 is 2.83 bits per heavy atom. The van der Waals surface area contributed by atoms with Crippen molar-refractivity contribution in [3.63, 3.8) is 0 Å². The molecule has 23 heavy (non-hydrogen) atoms. The van der Waals surface area contributed by atoms with Gasteiger partial charge in [-0.15, -0.1) is 11.3 Å². The predicted molar refractivity (Wildman–Crippen MR) is 95.5 cm³/mol. The van der Waals surface area contributed by atoms with Crippen molar-refractivity contribution in [1.29, 1.82) is 0 Å². The number of hydrogen-bond acceptors (Lipinski definition) is 4. The van der Waals surface area contributed by atoms with Crippen molar-refractivity contribution in [3.05, 3.63) is 42.2 Å². The Balaban J connectivity index is 1.95. The highest BCUT2D eigenvalue weighted by Gasteiger charge is 2.11. The van der Waals surface area contributed by atoms with Gasteiger partial charge in [0.2, 0.25) is 0 Å². The van der Waals surface area contributed by atoms with Crippen molar-refractivity contribution >= 4 is 37.5 Å². The third-order valence-corrected chi connectivity index (χ3v) is 4.94. The van der Waals surface area contributed by atoms with Crippen molar-refractivity contribution in [3.8, 4) is 22.1 Å². The lowest BCUT2D eigenvalue weighted by Crippen LogP contribution is -2.00. The summed E-state index contributed by atoms with van der Waals surface area (Å²) in [6.07, 6.45) is 0.911. The fourth-order valence-corrected chi connectivity index (χ4v) is 3.35. The van der Waals surface area contributed by atoms with Crippen LogP contribution in [0, 0.1) is 5.82 Å². The number of alkyl halides is 1. The molecule has 0 bridgehead atoms. The number of ether oxygens (including phenoxy) is 2. The molecule has 120 valence electrons. The van der Waals surface area contributed by atoms with Gasteiger partial charge in [-0.05, 0) is 36.8 Å². The minimum Gasteiger partial charge on any atom is -0.493 e. The van der Waals surface area contributed by atoms with Crippen LogP contribution in [0.3, 0.4) is 0 Å². The van der Waals surface area contributed by atoms with Gasteiger partial charge in [0.05, 0.1) is 23.9 Å². The number of halogens is 2. The summed E-state index contributed by atoms with van der Waals surface area (Å²) in [6, 6.07) is 10.4. The van der Waals surface area contributed by atoms with Gasteiger partial charge in [-0.1, -0.05) is 15.9 Å². The van der Waals surface area contributed by atoms with Gasteiger partial charge in [0.25, 0.3) is 0 Å². The van der Waals surface area contributed by atoms with E-state index < -0.39 is 0 Å². The number of thiazole rings is 1. The van der Waals surface area contributed by atoms with Crippen LogP contribution in [0.15, 0.2) is 36.4 Å². The molecule has 0 atom stereocenters.